The molecule has 0 amide bonds. The molecule has 3 heteroatoms. The van der Waals surface area contributed by atoms with E-state index in [2.05, 4.69) is 19.9 Å². The first kappa shape index (κ1) is 15.7. The van der Waals surface area contributed by atoms with E-state index in [9.17, 15) is 15.0 Å². The summed E-state index contributed by atoms with van der Waals surface area (Å²) in [5.74, 6) is 0.758. The number of carboxylic acids is 1. The van der Waals surface area contributed by atoms with Crippen LogP contribution >= 0.6 is 0 Å². The Bertz CT molecular complexity index is 553. The Morgan fingerprint density at radius 3 is 2.70 bits per heavy atom. The van der Waals surface area contributed by atoms with Crippen molar-refractivity contribution in [1.82, 2.24) is 0 Å². The summed E-state index contributed by atoms with van der Waals surface area (Å²) in [6.45, 7) is 4.63. The predicted octanol–water partition coefficient (Wildman–Crippen LogP) is 2.68. The zero-order valence-electron chi connectivity index (χ0n) is 14.4. The van der Waals surface area contributed by atoms with Crippen LogP contribution in [0.25, 0.3) is 0 Å². The van der Waals surface area contributed by atoms with Gasteiger partial charge in [0, 0.05) is 11.9 Å². The number of rotatable bonds is 1. The van der Waals surface area contributed by atoms with Gasteiger partial charge in [0.1, 0.15) is 0 Å². The van der Waals surface area contributed by atoms with Crippen LogP contribution < -0.4 is 5.11 Å². The van der Waals surface area contributed by atoms with Crippen molar-refractivity contribution in [2.75, 3.05) is 0 Å². The maximum Gasteiger partial charge on any atom is 0.0577 e. The minimum absolute atomic E-state index is 0.0596. The van der Waals surface area contributed by atoms with Gasteiger partial charge in [0.2, 0.25) is 0 Å². The van der Waals surface area contributed by atoms with E-state index in [1.807, 2.05) is 0 Å². The molecule has 128 valence electrons. The van der Waals surface area contributed by atoms with Gasteiger partial charge >= 0.3 is 0 Å². The van der Waals surface area contributed by atoms with Crippen molar-refractivity contribution >= 4 is 5.97 Å². The van der Waals surface area contributed by atoms with E-state index < -0.39 is 5.97 Å². The second-order valence-electron chi connectivity index (χ2n) is 9.15. The molecule has 0 aromatic carbocycles. The van der Waals surface area contributed by atoms with E-state index in [1.165, 1.54) is 5.57 Å². The molecular weight excluding hydrogens is 288 g/mol. The molecule has 23 heavy (non-hydrogen) atoms. The van der Waals surface area contributed by atoms with Gasteiger partial charge in [0.25, 0.3) is 0 Å². The Kier molecular flexibility index (Phi) is 3.46. The van der Waals surface area contributed by atoms with Crippen LogP contribution in [0.2, 0.25) is 0 Å². The standard InChI is InChI=1S/C20H30O3/c1-19-9-7-13(21)11-12(19)3-4-14-15-5-6-17(18(22)23)20(15,2)10-8-16(14)19/h3,13-17,21H,4-11H2,1-2H3,(H,22,23)/p-1/t13-,14-,15-,16-,17+,19-,20-/m0/s1. The molecule has 1 N–H and O–H groups in total. The van der Waals surface area contributed by atoms with Gasteiger partial charge in [0.05, 0.1) is 6.10 Å². The second-order valence-corrected chi connectivity index (χ2v) is 9.15. The van der Waals surface area contributed by atoms with E-state index in [1.54, 1.807) is 0 Å². The van der Waals surface area contributed by atoms with Crippen molar-refractivity contribution in [3.8, 4) is 0 Å². The van der Waals surface area contributed by atoms with Gasteiger partial charge in [0.15, 0.2) is 0 Å². The summed E-state index contributed by atoms with van der Waals surface area (Å²) in [6, 6.07) is 0. The number of hydrogen-bond acceptors (Lipinski definition) is 3. The fraction of sp³-hybridized carbons (Fsp3) is 0.850. The molecule has 3 nitrogen and oxygen atoms in total. The minimum atomic E-state index is -0.826. The molecule has 0 aliphatic heterocycles. The number of allylic oxidation sites excluding steroid dienone is 1. The highest BCUT2D eigenvalue weighted by atomic mass is 16.4. The largest absolute Gasteiger partial charge is 0.550 e. The monoisotopic (exact) mass is 317 g/mol. The molecule has 0 aromatic rings. The average Bonchev–Trinajstić information content (AvgIpc) is 2.85. The van der Waals surface area contributed by atoms with Crippen LogP contribution in [0.1, 0.15) is 65.2 Å². The lowest BCUT2D eigenvalue weighted by molar-refractivity contribution is -0.315. The highest BCUT2D eigenvalue weighted by molar-refractivity contribution is 5.69. The molecule has 7 atom stereocenters. The molecule has 0 saturated heterocycles. The van der Waals surface area contributed by atoms with Gasteiger partial charge in [-0.15, -0.1) is 0 Å². The molecule has 3 saturated carbocycles. The molecule has 4 aliphatic carbocycles. The van der Waals surface area contributed by atoms with Gasteiger partial charge in [-0.1, -0.05) is 25.5 Å². The van der Waals surface area contributed by atoms with E-state index in [4.69, 9.17) is 0 Å². The second kappa shape index (κ2) is 5.08. The first-order valence-electron chi connectivity index (χ1n) is 9.44. The minimum Gasteiger partial charge on any atom is -0.550 e. The van der Waals surface area contributed by atoms with Crippen LogP contribution in [-0.2, 0) is 4.79 Å². The van der Waals surface area contributed by atoms with Crippen LogP contribution in [0.15, 0.2) is 11.6 Å². The Morgan fingerprint density at radius 2 is 1.96 bits per heavy atom. The maximum absolute atomic E-state index is 11.6. The lowest BCUT2D eigenvalue weighted by Crippen LogP contribution is -2.52. The quantitative estimate of drug-likeness (QED) is 0.756. The number of carboxylic acid groups (broad SMARTS) is 1. The molecule has 4 aliphatic rings. The number of aliphatic hydroxyl groups excluding tert-OH is 1. The normalized spacial score (nSPS) is 52.1. The molecule has 0 aromatic heterocycles. The molecule has 0 unspecified atom stereocenters. The summed E-state index contributed by atoms with van der Waals surface area (Å²) in [4.78, 5) is 11.6. The fourth-order valence-corrected chi connectivity index (χ4v) is 7.03. The molecule has 0 radical (unpaired) electrons. The van der Waals surface area contributed by atoms with Crippen molar-refractivity contribution in [3.63, 3.8) is 0 Å². The average molecular weight is 317 g/mol. The zero-order chi connectivity index (χ0) is 16.4. The first-order chi connectivity index (χ1) is 10.9. The summed E-state index contributed by atoms with van der Waals surface area (Å²) in [5.41, 5.74) is 1.66. The molecule has 0 heterocycles. The Balaban J connectivity index is 1.66. The smallest absolute Gasteiger partial charge is 0.0577 e. The highest BCUT2D eigenvalue weighted by Crippen LogP contribution is 2.66. The Labute approximate surface area is 139 Å². The molecule has 0 bridgehead atoms. The third kappa shape index (κ3) is 2.08. The Hall–Kier alpha value is -0.830. The predicted molar refractivity (Wildman–Crippen MR) is 86.2 cm³/mol. The number of aliphatic hydroxyl groups is 1. The van der Waals surface area contributed by atoms with Crippen molar-refractivity contribution in [2.24, 2.45) is 34.5 Å². The highest BCUT2D eigenvalue weighted by Gasteiger charge is 2.58. The van der Waals surface area contributed by atoms with Crippen molar-refractivity contribution in [2.45, 2.75) is 71.3 Å². The third-order valence-electron chi connectivity index (χ3n) is 8.36. The summed E-state index contributed by atoms with van der Waals surface area (Å²) >= 11 is 0. The topological polar surface area (TPSA) is 60.4 Å². The summed E-state index contributed by atoms with van der Waals surface area (Å²) < 4.78 is 0. The molecule has 4 rings (SSSR count). The van der Waals surface area contributed by atoms with Gasteiger partial charge in [-0.3, -0.25) is 0 Å². The van der Waals surface area contributed by atoms with Crippen molar-refractivity contribution < 1.29 is 15.0 Å². The zero-order valence-corrected chi connectivity index (χ0v) is 14.4. The fourth-order valence-electron chi connectivity index (χ4n) is 7.03. The lowest BCUT2D eigenvalue weighted by atomic mass is 9.47. The Morgan fingerprint density at radius 1 is 1.17 bits per heavy atom. The number of fused-ring (bicyclic) bond motifs is 5. The number of hydrogen-bond donors (Lipinski definition) is 1. The number of carbonyl (C=O) groups excluding carboxylic acids is 1. The molecule has 0 spiro atoms. The van der Waals surface area contributed by atoms with Crippen LogP contribution in [0.5, 0.6) is 0 Å². The summed E-state index contributed by atoms with van der Waals surface area (Å²) in [7, 11) is 0. The van der Waals surface area contributed by atoms with Crippen molar-refractivity contribution in [1.29, 1.82) is 0 Å². The SMILES string of the molecule is C[C@]12CC[C@H]3[C@@H](CC=C4C[C@@H](O)CC[C@@]43C)[C@@H]1CC[C@@H]2C(=O)[O-]. The van der Waals surface area contributed by atoms with E-state index in [0.29, 0.717) is 17.8 Å². The van der Waals surface area contributed by atoms with Gasteiger partial charge < -0.3 is 15.0 Å². The van der Waals surface area contributed by atoms with E-state index in [-0.39, 0.29) is 22.9 Å². The maximum atomic E-state index is 11.6. The summed E-state index contributed by atoms with van der Waals surface area (Å²) in [5, 5.41) is 21.6. The van der Waals surface area contributed by atoms with Gasteiger partial charge in [-0.25, -0.2) is 0 Å². The lowest BCUT2D eigenvalue weighted by Gasteiger charge is -2.58. The molecule has 3 fully saturated rings. The van der Waals surface area contributed by atoms with E-state index >= 15 is 0 Å². The van der Waals surface area contributed by atoms with Crippen LogP contribution in [0.3, 0.4) is 0 Å². The van der Waals surface area contributed by atoms with E-state index in [0.717, 1.165) is 51.4 Å². The van der Waals surface area contributed by atoms with Gasteiger partial charge in [-0.05, 0) is 80.0 Å². The number of aliphatic carboxylic acids is 1. The number of carbonyl (C=O) groups is 1. The van der Waals surface area contributed by atoms with Crippen LogP contribution in [0, 0.1) is 34.5 Å². The first-order valence-corrected chi connectivity index (χ1v) is 9.44. The van der Waals surface area contributed by atoms with Crippen LogP contribution in [0.4, 0.5) is 0 Å². The third-order valence-corrected chi connectivity index (χ3v) is 8.36. The summed E-state index contributed by atoms with van der Waals surface area (Å²) in [6.07, 6.45) is 10.2. The molecular formula is C20H29O3-. The van der Waals surface area contributed by atoms with Crippen molar-refractivity contribution in [3.05, 3.63) is 11.6 Å². The van der Waals surface area contributed by atoms with Crippen LogP contribution in [-0.4, -0.2) is 17.2 Å². The van der Waals surface area contributed by atoms with Gasteiger partial charge in [-0.2, -0.15) is 0 Å².